The second-order valence-electron chi connectivity index (χ2n) is 5.80. The standard InChI is InChI=1S/C18H25N5OS.HI/c1-3-19-18(21-14-15-6-7-20-16(13-15)24-2)23-10-8-22(9-11-23)17-5-4-12-25-17;/h4-7,12-13H,3,8-11,14H2,1-2H3,(H,19,21);1H. The summed E-state index contributed by atoms with van der Waals surface area (Å²) in [5.41, 5.74) is 1.10. The highest BCUT2D eigenvalue weighted by Gasteiger charge is 2.20. The van der Waals surface area contributed by atoms with Crippen molar-refractivity contribution in [3.05, 3.63) is 41.4 Å². The number of nitrogens with zero attached hydrogens (tertiary/aromatic N) is 4. The van der Waals surface area contributed by atoms with Crippen molar-refractivity contribution in [3.8, 4) is 5.88 Å². The van der Waals surface area contributed by atoms with Gasteiger partial charge in [0.05, 0.1) is 18.7 Å². The van der Waals surface area contributed by atoms with Gasteiger partial charge in [-0.05, 0) is 36.1 Å². The molecule has 2 aromatic rings. The zero-order chi connectivity index (χ0) is 17.5. The first-order chi connectivity index (χ1) is 12.3. The highest BCUT2D eigenvalue weighted by Crippen LogP contribution is 2.22. The molecule has 0 radical (unpaired) electrons. The van der Waals surface area contributed by atoms with Crippen LogP contribution in [0.5, 0.6) is 5.88 Å². The summed E-state index contributed by atoms with van der Waals surface area (Å²) in [6.07, 6.45) is 1.76. The Bertz CT molecular complexity index is 687. The summed E-state index contributed by atoms with van der Waals surface area (Å²) in [6.45, 7) is 7.58. The van der Waals surface area contributed by atoms with Crippen LogP contribution in [0, 0.1) is 0 Å². The number of methoxy groups -OCH3 is 1. The molecule has 6 nitrogen and oxygen atoms in total. The fourth-order valence-electron chi connectivity index (χ4n) is 2.84. The monoisotopic (exact) mass is 487 g/mol. The lowest BCUT2D eigenvalue weighted by Gasteiger charge is -2.37. The highest BCUT2D eigenvalue weighted by atomic mass is 127. The van der Waals surface area contributed by atoms with Gasteiger partial charge in [-0.3, -0.25) is 0 Å². The molecular weight excluding hydrogens is 461 g/mol. The zero-order valence-electron chi connectivity index (χ0n) is 15.2. The van der Waals surface area contributed by atoms with Gasteiger partial charge in [-0.2, -0.15) is 0 Å². The number of aliphatic imine (C=N–C) groups is 1. The first-order valence-corrected chi connectivity index (χ1v) is 9.48. The summed E-state index contributed by atoms with van der Waals surface area (Å²) in [4.78, 5) is 13.7. The SMILES string of the molecule is CCNC(=NCc1ccnc(OC)c1)N1CCN(c2cccs2)CC1.I. The fourth-order valence-corrected chi connectivity index (χ4v) is 3.63. The number of anilines is 1. The molecule has 0 aliphatic carbocycles. The minimum Gasteiger partial charge on any atom is -0.481 e. The Kier molecular flexibility index (Phi) is 8.43. The van der Waals surface area contributed by atoms with Crippen LogP contribution in [0.1, 0.15) is 12.5 Å². The molecule has 0 unspecified atom stereocenters. The smallest absolute Gasteiger partial charge is 0.213 e. The van der Waals surface area contributed by atoms with E-state index in [1.807, 2.05) is 12.1 Å². The molecule has 3 heterocycles. The van der Waals surface area contributed by atoms with Crippen LogP contribution in [0.25, 0.3) is 0 Å². The van der Waals surface area contributed by atoms with Crippen LogP contribution < -0.4 is 15.0 Å². The van der Waals surface area contributed by atoms with Gasteiger partial charge in [-0.15, -0.1) is 35.3 Å². The van der Waals surface area contributed by atoms with E-state index in [0.717, 1.165) is 44.2 Å². The van der Waals surface area contributed by atoms with E-state index in [4.69, 9.17) is 9.73 Å². The molecule has 1 saturated heterocycles. The third-order valence-electron chi connectivity index (χ3n) is 4.15. The van der Waals surface area contributed by atoms with Crippen molar-refractivity contribution >= 4 is 46.3 Å². The average molecular weight is 487 g/mol. The molecule has 2 aromatic heterocycles. The van der Waals surface area contributed by atoms with Crippen molar-refractivity contribution < 1.29 is 4.74 Å². The normalized spacial score (nSPS) is 14.8. The third-order valence-corrected chi connectivity index (χ3v) is 5.08. The number of nitrogens with one attached hydrogen (secondary N) is 1. The maximum absolute atomic E-state index is 5.18. The lowest BCUT2D eigenvalue weighted by atomic mass is 10.2. The zero-order valence-corrected chi connectivity index (χ0v) is 18.4. The van der Waals surface area contributed by atoms with E-state index in [2.05, 4.69) is 44.5 Å². The summed E-state index contributed by atoms with van der Waals surface area (Å²) in [7, 11) is 1.63. The number of rotatable bonds is 5. The summed E-state index contributed by atoms with van der Waals surface area (Å²) in [5.74, 6) is 1.60. The van der Waals surface area contributed by atoms with Crippen molar-refractivity contribution in [3.63, 3.8) is 0 Å². The molecule has 0 aromatic carbocycles. The van der Waals surface area contributed by atoms with Crippen LogP contribution in [0.3, 0.4) is 0 Å². The number of hydrogen-bond donors (Lipinski definition) is 1. The second-order valence-corrected chi connectivity index (χ2v) is 6.73. The first-order valence-electron chi connectivity index (χ1n) is 8.60. The van der Waals surface area contributed by atoms with E-state index in [-0.39, 0.29) is 24.0 Å². The van der Waals surface area contributed by atoms with Gasteiger partial charge >= 0.3 is 0 Å². The lowest BCUT2D eigenvalue weighted by Crippen LogP contribution is -2.52. The number of thiophene rings is 1. The van der Waals surface area contributed by atoms with E-state index in [1.54, 1.807) is 24.6 Å². The average Bonchev–Trinajstić information content (AvgIpc) is 3.20. The Morgan fingerprint density at radius 3 is 2.77 bits per heavy atom. The number of hydrogen-bond acceptors (Lipinski definition) is 5. The summed E-state index contributed by atoms with van der Waals surface area (Å²) >= 11 is 1.80. The van der Waals surface area contributed by atoms with Gasteiger partial charge in [0.1, 0.15) is 0 Å². The highest BCUT2D eigenvalue weighted by molar-refractivity contribution is 14.0. The van der Waals surface area contributed by atoms with E-state index in [1.165, 1.54) is 5.00 Å². The van der Waals surface area contributed by atoms with Crippen molar-refractivity contribution in [2.75, 3.05) is 44.7 Å². The Labute approximate surface area is 176 Å². The van der Waals surface area contributed by atoms with E-state index in [0.29, 0.717) is 12.4 Å². The number of piperazine rings is 1. The topological polar surface area (TPSA) is 53.0 Å². The molecule has 0 bridgehead atoms. The Hall–Kier alpha value is -1.55. The van der Waals surface area contributed by atoms with Crippen molar-refractivity contribution in [1.29, 1.82) is 0 Å². The van der Waals surface area contributed by atoms with Crippen LogP contribution in [0.15, 0.2) is 40.8 Å². The minimum absolute atomic E-state index is 0. The molecular formula is C18H26IN5OS. The van der Waals surface area contributed by atoms with Crippen LogP contribution in [-0.4, -0.2) is 55.7 Å². The van der Waals surface area contributed by atoms with Crippen LogP contribution in [0.4, 0.5) is 5.00 Å². The molecule has 1 aliphatic rings. The Morgan fingerprint density at radius 1 is 1.31 bits per heavy atom. The number of ether oxygens (including phenoxy) is 1. The number of pyridine rings is 1. The van der Waals surface area contributed by atoms with Gasteiger partial charge in [0.15, 0.2) is 5.96 Å². The summed E-state index contributed by atoms with van der Waals surface area (Å²) in [5, 5.41) is 6.90. The van der Waals surface area contributed by atoms with Gasteiger partial charge in [0.2, 0.25) is 5.88 Å². The molecule has 0 spiro atoms. The molecule has 142 valence electrons. The molecule has 1 aliphatic heterocycles. The van der Waals surface area contributed by atoms with E-state index >= 15 is 0 Å². The molecule has 8 heteroatoms. The maximum atomic E-state index is 5.18. The van der Waals surface area contributed by atoms with E-state index in [9.17, 15) is 0 Å². The van der Waals surface area contributed by atoms with Gasteiger partial charge < -0.3 is 19.9 Å². The fraction of sp³-hybridized carbons (Fsp3) is 0.444. The number of aromatic nitrogens is 1. The molecule has 26 heavy (non-hydrogen) atoms. The predicted octanol–water partition coefficient (Wildman–Crippen LogP) is 3.06. The Balaban J connectivity index is 0.00000243. The van der Waals surface area contributed by atoms with Gasteiger partial charge in [-0.25, -0.2) is 9.98 Å². The maximum Gasteiger partial charge on any atom is 0.213 e. The van der Waals surface area contributed by atoms with Crippen LogP contribution in [0.2, 0.25) is 0 Å². The van der Waals surface area contributed by atoms with Crippen molar-refractivity contribution in [2.24, 2.45) is 4.99 Å². The summed E-state index contributed by atoms with van der Waals surface area (Å²) in [6, 6.07) is 8.21. The third kappa shape index (κ3) is 5.47. The molecule has 3 rings (SSSR count). The molecule has 0 saturated carbocycles. The lowest BCUT2D eigenvalue weighted by molar-refractivity contribution is 0.373. The van der Waals surface area contributed by atoms with Crippen molar-refractivity contribution in [2.45, 2.75) is 13.5 Å². The molecule has 0 amide bonds. The number of halogens is 1. The second kappa shape index (κ2) is 10.6. The first kappa shape index (κ1) is 20.8. The summed E-state index contributed by atoms with van der Waals surface area (Å²) < 4.78 is 5.18. The Morgan fingerprint density at radius 2 is 2.12 bits per heavy atom. The minimum atomic E-state index is 0. The molecule has 0 atom stereocenters. The van der Waals surface area contributed by atoms with Gasteiger partial charge in [0.25, 0.3) is 0 Å². The quantitative estimate of drug-likeness (QED) is 0.399. The van der Waals surface area contributed by atoms with E-state index < -0.39 is 0 Å². The van der Waals surface area contributed by atoms with Crippen LogP contribution >= 0.6 is 35.3 Å². The van der Waals surface area contributed by atoms with Gasteiger partial charge in [-0.1, -0.05) is 0 Å². The van der Waals surface area contributed by atoms with Crippen LogP contribution in [-0.2, 0) is 6.54 Å². The predicted molar refractivity (Wildman–Crippen MR) is 119 cm³/mol. The molecule has 1 fully saturated rings. The molecule has 1 N–H and O–H groups in total. The largest absolute Gasteiger partial charge is 0.481 e. The van der Waals surface area contributed by atoms with Gasteiger partial charge in [0, 0.05) is 45.0 Å². The van der Waals surface area contributed by atoms with Crippen molar-refractivity contribution in [1.82, 2.24) is 15.2 Å². The number of guanidine groups is 1.